The molecule has 27 heavy (non-hydrogen) atoms. The van der Waals surface area contributed by atoms with Crippen LogP contribution in [0.2, 0.25) is 5.02 Å². The number of carbonyl (C=O) groups is 1. The fourth-order valence-corrected chi connectivity index (χ4v) is 2.97. The molecule has 1 N–H and O–H groups in total. The van der Waals surface area contributed by atoms with Crippen LogP contribution in [-0.4, -0.2) is 16.9 Å². The summed E-state index contributed by atoms with van der Waals surface area (Å²) >= 11 is 5.90. The third-order valence-electron chi connectivity index (χ3n) is 4.36. The average molecular weight is 383 g/mol. The number of aromatic nitrogens is 1. The van der Waals surface area contributed by atoms with Crippen LogP contribution < -0.4 is 5.32 Å². The number of carbonyl (C=O) groups excluding carboxylic acids is 1. The van der Waals surface area contributed by atoms with Gasteiger partial charge >= 0.3 is 0 Å². The van der Waals surface area contributed by atoms with Gasteiger partial charge in [0.15, 0.2) is 11.7 Å². The van der Waals surface area contributed by atoms with E-state index in [1.807, 2.05) is 49.4 Å². The van der Waals surface area contributed by atoms with Crippen LogP contribution in [0.5, 0.6) is 0 Å². The average Bonchev–Trinajstić information content (AvgIpc) is 3.15. The first-order valence-corrected chi connectivity index (χ1v) is 9.52. The van der Waals surface area contributed by atoms with Crippen molar-refractivity contribution in [1.29, 1.82) is 0 Å². The number of hydrogen-bond donors (Lipinski definition) is 1. The van der Waals surface area contributed by atoms with Crippen LogP contribution in [0.4, 0.5) is 0 Å². The number of oxazole rings is 1. The minimum atomic E-state index is 0.0156. The van der Waals surface area contributed by atoms with Gasteiger partial charge in [-0.1, -0.05) is 41.9 Å². The number of benzene rings is 2. The summed E-state index contributed by atoms with van der Waals surface area (Å²) < 4.78 is 5.74. The zero-order chi connectivity index (χ0) is 19.1. The summed E-state index contributed by atoms with van der Waals surface area (Å²) in [5.74, 6) is 1.26. The number of nitrogens with zero attached hydrogens (tertiary/aromatic N) is 1. The highest BCUT2D eigenvalue weighted by Crippen LogP contribution is 2.22. The highest BCUT2D eigenvalue weighted by Gasteiger charge is 2.11. The number of halogens is 1. The van der Waals surface area contributed by atoms with Crippen LogP contribution in [0.1, 0.15) is 31.2 Å². The van der Waals surface area contributed by atoms with Crippen LogP contribution in [0.3, 0.4) is 0 Å². The van der Waals surface area contributed by atoms with Crippen LogP contribution in [-0.2, 0) is 17.6 Å². The van der Waals surface area contributed by atoms with E-state index in [0.29, 0.717) is 29.5 Å². The summed E-state index contributed by atoms with van der Waals surface area (Å²) in [6.07, 6.45) is 4.38. The summed E-state index contributed by atoms with van der Waals surface area (Å²) in [6.45, 7) is 2.03. The van der Waals surface area contributed by atoms with Crippen LogP contribution in [0, 0.1) is 0 Å². The van der Waals surface area contributed by atoms with Gasteiger partial charge in [-0.2, -0.15) is 0 Å². The SMILES string of the molecule is CC(CCc1ccccc1)NC(=O)CCc1ncc(-c2ccc(Cl)cc2)o1. The van der Waals surface area contributed by atoms with E-state index in [2.05, 4.69) is 22.4 Å². The molecule has 0 saturated heterocycles. The Hall–Kier alpha value is -2.59. The molecule has 0 spiro atoms. The van der Waals surface area contributed by atoms with E-state index >= 15 is 0 Å². The summed E-state index contributed by atoms with van der Waals surface area (Å²) in [4.78, 5) is 16.4. The van der Waals surface area contributed by atoms with Crippen molar-refractivity contribution in [3.05, 3.63) is 77.3 Å². The highest BCUT2D eigenvalue weighted by molar-refractivity contribution is 6.30. The third-order valence-corrected chi connectivity index (χ3v) is 4.62. The smallest absolute Gasteiger partial charge is 0.220 e. The first-order chi connectivity index (χ1) is 13.1. The molecule has 1 atom stereocenters. The molecule has 2 aromatic carbocycles. The highest BCUT2D eigenvalue weighted by atomic mass is 35.5. The second kappa shape index (κ2) is 9.38. The van der Waals surface area contributed by atoms with Gasteiger partial charge in [0, 0.05) is 29.5 Å². The maximum Gasteiger partial charge on any atom is 0.220 e. The predicted molar refractivity (Wildman–Crippen MR) is 108 cm³/mol. The number of aryl methyl sites for hydroxylation is 2. The number of rotatable bonds is 8. The molecule has 3 aromatic rings. The van der Waals surface area contributed by atoms with E-state index in [0.717, 1.165) is 18.4 Å². The Balaban J connectivity index is 1.43. The lowest BCUT2D eigenvalue weighted by atomic mass is 10.1. The molecule has 4 nitrogen and oxygen atoms in total. The second-order valence-corrected chi connectivity index (χ2v) is 7.05. The third kappa shape index (κ3) is 5.97. The Morgan fingerprint density at radius 2 is 1.85 bits per heavy atom. The molecule has 5 heteroatoms. The zero-order valence-electron chi connectivity index (χ0n) is 15.3. The molecule has 140 valence electrons. The van der Waals surface area contributed by atoms with Gasteiger partial charge in [0.2, 0.25) is 5.91 Å². The van der Waals surface area contributed by atoms with Crippen molar-refractivity contribution in [3.8, 4) is 11.3 Å². The lowest BCUT2D eigenvalue weighted by molar-refractivity contribution is -0.121. The van der Waals surface area contributed by atoms with Gasteiger partial charge in [-0.25, -0.2) is 4.98 Å². The summed E-state index contributed by atoms with van der Waals surface area (Å²) in [5.41, 5.74) is 2.20. The van der Waals surface area contributed by atoms with Crippen molar-refractivity contribution >= 4 is 17.5 Å². The van der Waals surface area contributed by atoms with E-state index in [1.54, 1.807) is 6.20 Å². The molecular weight excluding hydrogens is 360 g/mol. The fraction of sp³-hybridized carbons (Fsp3) is 0.273. The van der Waals surface area contributed by atoms with Gasteiger partial charge in [0.25, 0.3) is 0 Å². The summed E-state index contributed by atoms with van der Waals surface area (Å²) in [7, 11) is 0. The minimum absolute atomic E-state index is 0.0156. The van der Waals surface area contributed by atoms with E-state index in [-0.39, 0.29) is 11.9 Å². The number of nitrogens with one attached hydrogen (secondary N) is 1. The molecule has 1 unspecified atom stereocenters. The molecule has 1 heterocycles. The topological polar surface area (TPSA) is 55.1 Å². The van der Waals surface area contributed by atoms with Crippen molar-refractivity contribution in [3.63, 3.8) is 0 Å². The van der Waals surface area contributed by atoms with Gasteiger partial charge in [-0.3, -0.25) is 4.79 Å². The molecular formula is C22H23ClN2O2. The largest absolute Gasteiger partial charge is 0.441 e. The fourth-order valence-electron chi connectivity index (χ4n) is 2.84. The van der Waals surface area contributed by atoms with Crippen LogP contribution >= 0.6 is 11.6 Å². The van der Waals surface area contributed by atoms with Gasteiger partial charge in [0.1, 0.15) is 0 Å². The Bertz CT molecular complexity index is 860. The van der Waals surface area contributed by atoms with E-state index in [9.17, 15) is 4.79 Å². The quantitative estimate of drug-likeness (QED) is 0.592. The van der Waals surface area contributed by atoms with E-state index in [4.69, 9.17) is 16.0 Å². The molecule has 0 aliphatic heterocycles. The van der Waals surface area contributed by atoms with E-state index < -0.39 is 0 Å². The number of hydrogen-bond acceptors (Lipinski definition) is 3. The monoisotopic (exact) mass is 382 g/mol. The van der Waals surface area contributed by atoms with Crippen molar-refractivity contribution < 1.29 is 9.21 Å². The minimum Gasteiger partial charge on any atom is -0.441 e. The molecule has 3 rings (SSSR count). The van der Waals surface area contributed by atoms with Crippen LogP contribution in [0.15, 0.2) is 65.2 Å². The van der Waals surface area contributed by atoms with Crippen molar-refractivity contribution in [2.24, 2.45) is 0 Å². The molecule has 0 aliphatic carbocycles. The Morgan fingerprint density at radius 1 is 1.11 bits per heavy atom. The van der Waals surface area contributed by atoms with Crippen LogP contribution in [0.25, 0.3) is 11.3 Å². The van der Waals surface area contributed by atoms with Gasteiger partial charge < -0.3 is 9.73 Å². The molecule has 0 radical (unpaired) electrons. The lowest BCUT2D eigenvalue weighted by Crippen LogP contribution is -2.33. The molecule has 0 fully saturated rings. The molecule has 0 saturated carbocycles. The Labute approximate surface area is 164 Å². The maximum absolute atomic E-state index is 12.2. The van der Waals surface area contributed by atoms with Gasteiger partial charge in [-0.05, 0) is 49.6 Å². The Kier molecular flexibility index (Phi) is 6.66. The molecule has 1 aromatic heterocycles. The van der Waals surface area contributed by atoms with E-state index in [1.165, 1.54) is 5.56 Å². The Morgan fingerprint density at radius 3 is 2.59 bits per heavy atom. The molecule has 1 amide bonds. The first kappa shape index (κ1) is 19.2. The predicted octanol–water partition coefficient (Wildman–Crippen LogP) is 5.07. The van der Waals surface area contributed by atoms with Crippen molar-refractivity contribution in [2.75, 3.05) is 0 Å². The number of amides is 1. The summed E-state index contributed by atoms with van der Waals surface area (Å²) in [5, 5.41) is 3.72. The first-order valence-electron chi connectivity index (χ1n) is 9.14. The van der Waals surface area contributed by atoms with Gasteiger partial charge in [0.05, 0.1) is 6.20 Å². The van der Waals surface area contributed by atoms with Crippen molar-refractivity contribution in [1.82, 2.24) is 10.3 Å². The molecule has 0 bridgehead atoms. The molecule has 0 aliphatic rings. The van der Waals surface area contributed by atoms with Gasteiger partial charge in [-0.15, -0.1) is 0 Å². The normalized spacial score (nSPS) is 11.9. The standard InChI is InChI=1S/C22H23ClN2O2/c1-16(7-8-17-5-3-2-4-6-17)25-21(26)13-14-22-24-15-20(27-22)18-9-11-19(23)12-10-18/h2-6,9-12,15-16H,7-8,13-14H2,1H3,(H,25,26). The van der Waals surface area contributed by atoms with Crippen molar-refractivity contribution in [2.45, 2.75) is 38.6 Å². The summed E-state index contributed by atoms with van der Waals surface area (Å²) in [6, 6.07) is 17.8. The zero-order valence-corrected chi connectivity index (χ0v) is 16.1. The second-order valence-electron chi connectivity index (χ2n) is 6.62. The lowest BCUT2D eigenvalue weighted by Gasteiger charge is -2.13. The maximum atomic E-state index is 12.2.